The van der Waals surface area contributed by atoms with Crippen LogP contribution in [0.1, 0.15) is 44.1 Å². The highest BCUT2D eigenvalue weighted by atomic mass is 19.1. The number of hydrogen-bond donors (Lipinski definition) is 0. The van der Waals surface area contributed by atoms with Crippen LogP contribution in [0.4, 0.5) is 4.39 Å². The summed E-state index contributed by atoms with van der Waals surface area (Å²) in [5, 5.41) is 0. The summed E-state index contributed by atoms with van der Waals surface area (Å²) in [6.07, 6.45) is 7.03. The minimum atomic E-state index is -0.168. The predicted octanol–water partition coefficient (Wildman–Crippen LogP) is 3.77. The number of likely N-dealkylation sites (tertiary alicyclic amines) is 1. The Hall–Kier alpha value is -1.17. The number of rotatable bonds is 7. The van der Waals surface area contributed by atoms with Crippen molar-refractivity contribution in [2.24, 2.45) is 5.92 Å². The lowest BCUT2D eigenvalue weighted by Gasteiger charge is -2.43. The Morgan fingerprint density at radius 3 is 2.77 bits per heavy atom. The molecule has 0 aromatic heterocycles. The van der Waals surface area contributed by atoms with Gasteiger partial charge in [0.15, 0.2) is 0 Å². The van der Waals surface area contributed by atoms with E-state index in [-0.39, 0.29) is 17.5 Å². The van der Waals surface area contributed by atoms with Crippen LogP contribution >= 0.6 is 0 Å². The summed E-state index contributed by atoms with van der Waals surface area (Å²) < 4.78 is 31.8. The van der Waals surface area contributed by atoms with Crippen molar-refractivity contribution >= 4 is 0 Å². The van der Waals surface area contributed by atoms with Crippen LogP contribution in [0.2, 0.25) is 0 Å². The zero-order valence-corrected chi connectivity index (χ0v) is 15.9. The van der Waals surface area contributed by atoms with Crippen molar-refractivity contribution in [1.82, 2.24) is 4.90 Å². The molecule has 2 saturated carbocycles. The van der Waals surface area contributed by atoms with Gasteiger partial charge in [0, 0.05) is 38.4 Å². The lowest BCUT2D eigenvalue weighted by molar-refractivity contribution is -0.103. The molecular formula is C21H30FNO3. The van der Waals surface area contributed by atoms with Crippen LogP contribution in [0.3, 0.4) is 0 Å². The highest BCUT2D eigenvalue weighted by Crippen LogP contribution is 2.44. The van der Waals surface area contributed by atoms with Crippen molar-refractivity contribution in [2.45, 2.75) is 62.8 Å². The van der Waals surface area contributed by atoms with E-state index in [0.29, 0.717) is 24.0 Å². The maximum atomic E-state index is 14.3. The van der Waals surface area contributed by atoms with Crippen LogP contribution < -0.4 is 4.74 Å². The summed E-state index contributed by atoms with van der Waals surface area (Å²) in [6.45, 7) is 2.43. The second-order valence-corrected chi connectivity index (χ2v) is 8.14. The monoisotopic (exact) mass is 363 g/mol. The molecular weight excluding hydrogens is 333 g/mol. The van der Waals surface area contributed by atoms with E-state index in [1.165, 1.54) is 18.9 Å². The van der Waals surface area contributed by atoms with Crippen LogP contribution in [0, 0.1) is 11.7 Å². The fourth-order valence-electron chi connectivity index (χ4n) is 4.67. The van der Waals surface area contributed by atoms with Gasteiger partial charge >= 0.3 is 0 Å². The van der Waals surface area contributed by atoms with Gasteiger partial charge in [-0.3, -0.25) is 4.90 Å². The third-order valence-electron chi connectivity index (χ3n) is 6.54. The van der Waals surface area contributed by atoms with E-state index < -0.39 is 0 Å². The number of ether oxygens (including phenoxy) is 3. The molecule has 0 amide bonds. The zero-order valence-electron chi connectivity index (χ0n) is 15.9. The second kappa shape index (κ2) is 7.45. The molecule has 1 heterocycles. The molecule has 1 saturated heterocycles. The zero-order chi connectivity index (χ0) is 18.1. The van der Waals surface area contributed by atoms with E-state index in [2.05, 4.69) is 4.90 Å². The Balaban J connectivity index is 1.47. The average Bonchev–Trinajstić information content (AvgIpc) is 3.43. The third kappa shape index (κ3) is 3.62. The molecule has 1 aliphatic heterocycles. The van der Waals surface area contributed by atoms with Gasteiger partial charge in [-0.1, -0.05) is 0 Å². The van der Waals surface area contributed by atoms with Gasteiger partial charge in [0.05, 0.1) is 18.8 Å². The minimum Gasteiger partial charge on any atom is -0.497 e. The molecule has 3 atom stereocenters. The minimum absolute atomic E-state index is 0.102. The summed E-state index contributed by atoms with van der Waals surface area (Å²) in [4.78, 5) is 2.38. The maximum Gasteiger partial charge on any atom is 0.127 e. The molecule has 0 N–H and O–H groups in total. The first-order chi connectivity index (χ1) is 12.6. The molecule has 5 heteroatoms. The molecule has 0 unspecified atom stereocenters. The molecule has 3 aliphatic rings. The Labute approximate surface area is 155 Å². The van der Waals surface area contributed by atoms with Gasteiger partial charge in [0.2, 0.25) is 0 Å². The molecule has 0 bridgehead atoms. The Morgan fingerprint density at radius 1 is 1.19 bits per heavy atom. The second-order valence-electron chi connectivity index (χ2n) is 8.14. The van der Waals surface area contributed by atoms with E-state index in [4.69, 9.17) is 14.2 Å². The van der Waals surface area contributed by atoms with Gasteiger partial charge in [-0.2, -0.15) is 0 Å². The highest BCUT2D eigenvalue weighted by Gasteiger charge is 2.51. The van der Waals surface area contributed by atoms with Crippen LogP contribution in [0.5, 0.6) is 5.75 Å². The fraction of sp³-hybridized carbons (Fsp3) is 0.714. The van der Waals surface area contributed by atoms with Gasteiger partial charge in [0.25, 0.3) is 0 Å². The molecule has 3 fully saturated rings. The summed E-state index contributed by atoms with van der Waals surface area (Å²) in [5.74, 6) is 1.32. The largest absolute Gasteiger partial charge is 0.497 e. The first-order valence-electron chi connectivity index (χ1n) is 9.87. The number of benzene rings is 1. The fourth-order valence-corrected chi connectivity index (χ4v) is 4.67. The number of fused-ring (bicyclic) bond motifs is 1. The van der Waals surface area contributed by atoms with Gasteiger partial charge in [-0.25, -0.2) is 4.39 Å². The van der Waals surface area contributed by atoms with Gasteiger partial charge in [-0.15, -0.1) is 0 Å². The van der Waals surface area contributed by atoms with Gasteiger partial charge in [0.1, 0.15) is 11.6 Å². The lowest BCUT2D eigenvalue weighted by Crippen LogP contribution is -2.51. The number of halogens is 1. The van der Waals surface area contributed by atoms with E-state index in [0.717, 1.165) is 44.8 Å². The maximum absolute atomic E-state index is 14.3. The average molecular weight is 363 g/mol. The first kappa shape index (κ1) is 18.2. The lowest BCUT2D eigenvalue weighted by atomic mass is 9.79. The summed E-state index contributed by atoms with van der Waals surface area (Å²) >= 11 is 0. The summed E-state index contributed by atoms with van der Waals surface area (Å²) in [5.41, 5.74) is 0.590. The van der Waals surface area contributed by atoms with Crippen molar-refractivity contribution < 1.29 is 18.6 Å². The van der Waals surface area contributed by atoms with E-state index in [9.17, 15) is 4.39 Å². The number of nitrogens with zero attached hydrogens (tertiary/aromatic N) is 1. The van der Waals surface area contributed by atoms with E-state index >= 15 is 0 Å². The quantitative estimate of drug-likeness (QED) is 0.738. The standard InChI is InChI=1S/C21H30FNO3/c1-24-17-5-6-19(22)16(11-17)13-23-10-9-21(25-2)8-7-18(12-20(21)23)26-14-15-3-4-15/h5-6,11,15,18,20H,3-4,7-10,12-14H2,1-2H3/t18-,20-,21+/m0/s1. The summed E-state index contributed by atoms with van der Waals surface area (Å²) in [6, 6.07) is 5.27. The molecule has 26 heavy (non-hydrogen) atoms. The molecule has 0 spiro atoms. The van der Waals surface area contributed by atoms with E-state index in [1.807, 2.05) is 13.2 Å². The van der Waals surface area contributed by atoms with E-state index in [1.54, 1.807) is 13.2 Å². The van der Waals surface area contributed by atoms with Gasteiger partial charge < -0.3 is 14.2 Å². The Morgan fingerprint density at radius 2 is 2.04 bits per heavy atom. The first-order valence-corrected chi connectivity index (χ1v) is 9.87. The predicted molar refractivity (Wildman–Crippen MR) is 97.8 cm³/mol. The SMILES string of the molecule is COc1ccc(F)c(CN2CC[C@]3(OC)CC[C@H](OCC4CC4)C[C@H]23)c1. The van der Waals surface area contributed by atoms with Crippen LogP contribution in [-0.2, 0) is 16.0 Å². The van der Waals surface area contributed by atoms with Crippen LogP contribution in [0.15, 0.2) is 18.2 Å². The molecule has 2 aliphatic carbocycles. The molecule has 144 valence electrons. The van der Waals surface area contributed by atoms with Gasteiger partial charge in [-0.05, 0) is 62.6 Å². The Kier molecular flexibility index (Phi) is 5.22. The number of hydrogen-bond acceptors (Lipinski definition) is 4. The van der Waals surface area contributed by atoms with Crippen molar-refractivity contribution in [3.8, 4) is 5.75 Å². The normalized spacial score (nSPS) is 31.8. The molecule has 0 radical (unpaired) electrons. The van der Waals surface area contributed by atoms with Crippen LogP contribution in [0.25, 0.3) is 0 Å². The third-order valence-corrected chi connectivity index (χ3v) is 6.54. The topological polar surface area (TPSA) is 30.9 Å². The summed E-state index contributed by atoms with van der Waals surface area (Å²) in [7, 11) is 3.44. The Bertz CT molecular complexity index is 636. The highest BCUT2D eigenvalue weighted by molar-refractivity contribution is 5.30. The van der Waals surface area contributed by atoms with Crippen LogP contribution in [-0.4, -0.2) is 50.0 Å². The smallest absolute Gasteiger partial charge is 0.127 e. The van der Waals surface area contributed by atoms with Crippen molar-refractivity contribution in [2.75, 3.05) is 27.4 Å². The molecule has 1 aromatic carbocycles. The molecule has 4 nitrogen and oxygen atoms in total. The van der Waals surface area contributed by atoms with Crippen molar-refractivity contribution in [3.63, 3.8) is 0 Å². The van der Waals surface area contributed by atoms with Crippen molar-refractivity contribution in [3.05, 3.63) is 29.6 Å². The number of methoxy groups -OCH3 is 2. The molecule has 1 aromatic rings. The van der Waals surface area contributed by atoms with Crippen molar-refractivity contribution in [1.29, 1.82) is 0 Å². The molecule has 4 rings (SSSR count).